The standard InChI is InChI=1S/C24H31Cl2N3O4S/c1-4-6-14-27-24(31)22(5-2)28(16-18-10-12-19(25)13-11-18)23(30)17-29(34(3,32)33)21-9-7-8-20(26)15-21/h7-13,15,22H,4-6,14,16-17H2,1-3H3,(H,27,31)/t22-/m1/s1. The number of hydrogen-bond acceptors (Lipinski definition) is 4. The Kier molecular flexibility index (Phi) is 10.7. The monoisotopic (exact) mass is 527 g/mol. The number of halogens is 2. The average molecular weight is 529 g/mol. The van der Waals surface area contributed by atoms with Crippen molar-refractivity contribution in [1.29, 1.82) is 0 Å². The number of nitrogens with zero attached hydrogens (tertiary/aromatic N) is 2. The van der Waals surface area contributed by atoms with Crippen LogP contribution in [0.1, 0.15) is 38.7 Å². The average Bonchev–Trinajstić information content (AvgIpc) is 2.78. The Morgan fingerprint density at radius 1 is 1.03 bits per heavy atom. The van der Waals surface area contributed by atoms with Crippen LogP contribution in [0.25, 0.3) is 0 Å². The molecule has 0 bridgehead atoms. The number of amides is 2. The predicted molar refractivity (Wildman–Crippen MR) is 138 cm³/mol. The third-order valence-corrected chi connectivity index (χ3v) is 6.88. The lowest BCUT2D eigenvalue weighted by Gasteiger charge is -2.33. The second-order valence-electron chi connectivity index (χ2n) is 7.97. The number of hydrogen-bond donors (Lipinski definition) is 1. The van der Waals surface area contributed by atoms with Crippen LogP contribution in [0.2, 0.25) is 10.0 Å². The lowest BCUT2D eigenvalue weighted by atomic mass is 10.1. The molecule has 1 atom stereocenters. The van der Waals surface area contributed by atoms with Gasteiger partial charge in [0, 0.05) is 23.1 Å². The van der Waals surface area contributed by atoms with E-state index in [1.807, 2.05) is 13.8 Å². The van der Waals surface area contributed by atoms with Crippen molar-refractivity contribution in [2.75, 3.05) is 23.7 Å². The highest BCUT2D eigenvalue weighted by molar-refractivity contribution is 7.92. The fraction of sp³-hybridized carbons (Fsp3) is 0.417. The Hall–Kier alpha value is -2.29. The minimum Gasteiger partial charge on any atom is -0.354 e. The molecule has 186 valence electrons. The van der Waals surface area contributed by atoms with Crippen molar-refractivity contribution >= 4 is 50.7 Å². The van der Waals surface area contributed by atoms with Gasteiger partial charge in [0.05, 0.1) is 11.9 Å². The molecular formula is C24H31Cl2N3O4S. The van der Waals surface area contributed by atoms with Gasteiger partial charge in [-0.2, -0.15) is 0 Å². The molecule has 0 saturated heterocycles. The molecule has 7 nitrogen and oxygen atoms in total. The summed E-state index contributed by atoms with van der Waals surface area (Å²) in [6.45, 7) is 4.01. The smallest absolute Gasteiger partial charge is 0.244 e. The summed E-state index contributed by atoms with van der Waals surface area (Å²) in [7, 11) is -3.80. The van der Waals surface area contributed by atoms with Crippen molar-refractivity contribution in [1.82, 2.24) is 10.2 Å². The summed E-state index contributed by atoms with van der Waals surface area (Å²) in [5, 5.41) is 3.78. The Morgan fingerprint density at radius 2 is 1.71 bits per heavy atom. The van der Waals surface area contributed by atoms with Gasteiger partial charge in [-0.25, -0.2) is 8.42 Å². The minimum atomic E-state index is -3.80. The van der Waals surface area contributed by atoms with Crippen LogP contribution in [0.4, 0.5) is 5.69 Å². The SMILES string of the molecule is CCCCNC(=O)[C@@H](CC)N(Cc1ccc(Cl)cc1)C(=O)CN(c1cccc(Cl)c1)S(C)(=O)=O. The summed E-state index contributed by atoms with van der Waals surface area (Å²) >= 11 is 12.0. The summed E-state index contributed by atoms with van der Waals surface area (Å²) in [5.41, 5.74) is 1.04. The summed E-state index contributed by atoms with van der Waals surface area (Å²) in [5.74, 6) is -0.773. The molecule has 2 aromatic rings. The second kappa shape index (κ2) is 13.0. The first kappa shape index (κ1) is 28.0. The topological polar surface area (TPSA) is 86.8 Å². The maximum absolute atomic E-state index is 13.5. The van der Waals surface area contributed by atoms with Gasteiger partial charge in [0.15, 0.2) is 0 Å². The highest BCUT2D eigenvalue weighted by Gasteiger charge is 2.31. The molecule has 0 radical (unpaired) electrons. The number of sulfonamides is 1. The maximum Gasteiger partial charge on any atom is 0.244 e. The number of carbonyl (C=O) groups excluding carboxylic acids is 2. The van der Waals surface area contributed by atoms with Crippen LogP contribution in [-0.2, 0) is 26.2 Å². The van der Waals surface area contributed by atoms with E-state index in [1.54, 1.807) is 42.5 Å². The van der Waals surface area contributed by atoms with Crippen LogP contribution in [0, 0.1) is 0 Å². The van der Waals surface area contributed by atoms with Crippen LogP contribution in [-0.4, -0.2) is 50.5 Å². The predicted octanol–water partition coefficient (Wildman–Crippen LogP) is 4.48. The minimum absolute atomic E-state index is 0.128. The molecule has 1 N–H and O–H groups in total. The molecule has 0 saturated carbocycles. The Bertz CT molecular complexity index is 1080. The zero-order valence-corrected chi connectivity index (χ0v) is 22.0. The Labute approximate surface area is 212 Å². The Balaban J connectivity index is 2.39. The summed E-state index contributed by atoms with van der Waals surface area (Å²) in [6.07, 6.45) is 3.14. The summed E-state index contributed by atoms with van der Waals surface area (Å²) in [4.78, 5) is 27.9. The number of rotatable bonds is 12. The van der Waals surface area contributed by atoms with Gasteiger partial charge in [-0.15, -0.1) is 0 Å². The molecule has 2 rings (SSSR count). The van der Waals surface area contributed by atoms with Gasteiger partial charge in [-0.05, 0) is 48.7 Å². The molecule has 0 spiro atoms. The van der Waals surface area contributed by atoms with Gasteiger partial charge in [0.1, 0.15) is 12.6 Å². The molecule has 2 amide bonds. The van der Waals surface area contributed by atoms with Crippen molar-refractivity contribution in [2.45, 2.75) is 45.7 Å². The molecule has 0 aromatic heterocycles. The molecule has 0 aliphatic heterocycles. The van der Waals surface area contributed by atoms with E-state index in [2.05, 4.69) is 5.32 Å². The molecule has 10 heteroatoms. The first-order valence-electron chi connectivity index (χ1n) is 11.1. The molecule has 34 heavy (non-hydrogen) atoms. The van der Waals surface area contributed by atoms with E-state index in [9.17, 15) is 18.0 Å². The highest BCUT2D eigenvalue weighted by Crippen LogP contribution is 2.23. The van der Waals surface area contributed by atoms with Gasteiger partial charge in [0.25, 0.3) is 0 Å². The molecule has 0 aliphatic rings. The molecule has 0 heterocycles. The van der Waals surface area contributed by atoms with E-state index in [0.717, 1.165) is 29.0 Å². The highest BCUT2D eigenvalue weighted by atomic mass is 35.5. The van der Waals surface area contributed by atoms with Crippen molar-refractivity contribution in [3.05, 3.63) is 64.1 Å². The lowest BCUT2D eigenvalue weighted by Crippen LogP contribution is -2.52. The normalized spacial score (nSPS) is 12.1. The maximum atomic E-state index is 13.5. The van der Waals surface area contributed by atoms with E-state index in [0.29, 0.717) is 23.0 Å². The molecule has 0 aliphatic carbocycles. The largest absolute Gasteiger partial charge is 0.354 e. The van der Waals surface area contributed by atoms with Crippen molar-refractivity contribution < 1.29 is 18.0 Å². The van der Waals surface area contributed by atoms with E-state index in [4.69, 9.17) is 23.2 Å². The molecule has 0 fully saturated rings. The van der Waals surface area contributed by atoms with Crippen molar-refractivity contribution in [3.8, 4) is 0 Å². The Morgan fingerprint density at radius 3 is 2.26 bits per heavy atom. The van der Waals surface area contributed by atoms with Gasteiger partial charge in [-0.3, -0.25) is 13.9 Å². The second-order valence-corrected chi connectivity index (χ2v) is 10.7. The van der Waals surface area contributed by atoms with Gasteiger partial charge >= 0.3 is 0 Å². The fourth-order valence-corrected chi connectivity index (χ4v) is 4.61. The van der Waals surface area contributed by atoms with E-state index in [-0.39, 0.29) is 18.1 Å². The van der Waals surface area contributed by atoms with Crippen LogP contribution in [0.3, 0.4) is 0 Å². The van der Waals surface area contributed by atoms with Crippen molar-refractivity contribution in [2.24, 2.45) is 0 Å². The number of anilines is 1. The lowest BCUT2D eigenvalue weighted by molar-refractivity contribution is -0.140. The zero-order chi connectivity index (χ0) is 25.3. The number of carbonyl (C=O) groups is 2. The molecular weight excluding hydrogens is 497 g/mol. The van der Waals surface area contributed by atoms with Crippen LogP contribution in [0.15, 0.2) is 48.5 Å². The molecule has 0 unspecified atom stereocenters. The van der Waals surface area contributed by atoms with Crippen LogP contribution >= 0.6 is 23.2 Å². The number of benzene rings is 2. The molecule has 2 aromatic carbocycles. The zero-order valence-electron chi connectivity index (χ0n) is 19.6. The third kappa shape index (κ3) is 8.18. The number of nitrogens with one attached hydrogen (secondary N) is 1. The van der Waals surface area contributed by atoms with Crippen molar-refractivity contribution in [3.63, 3.8) is 0 Å². The number of unbranched alkanes of at least 4 members (excludes halogenated alkanes) is 1. The van der Waals surface area contributed by atoms with Gasteiger partial charge < -0.3 is 10.2 Å². The van der Waals surface area contributed by atoms with E-state index < -0.39 is 28.5 Å². The van der Waals surface area contributed by atoms with Gasteiger partial charge in [-0.1, -0.05) is 61.7 Å². The quantitative estimate of drug-likeness (QED) is 0.412. The summed E-state index contributed by atoms with van der Waals surface area (Å²) < 4.78 is 26.1. The van der Waals surface area contributed by atoms with E-state index >= 15 is 0 Å². The van der Waals surface area contributed by atoms with Crippen LogP contribution in [0.5, 0.6) is 0 Å². The van der Waals surface area contributed by atoms with E-state index in [1.165, 1.54) is 11.0 Å². The first-order chi connectivity index (χ1) is 16.1. The third-order valence-electron chi connectivity index (χ3n) is 5.26. The fourth-order valence-electron chi connectivity index (χ4n) is 3.46. The van der Waals surface area contributed by atoms with Crippen LogP contribution < -0.4 is 9.62 Å². The first-order valence-corrected chi connectivity index (χ1v) is 13.7. The summed E-state index contributed by atoms with van der Waals surface area (Å²) in [6, 6.07) is 12.5. The van der Waals surface area contributed by atoms with Gasteiger partial charge in [0.2, 0.25) is 21.8 Å².